The van der Waals surface area contributed by atoms with Crippen LogP contribution >= 0.6 is 0 Å². The second kappa shape index (κ2) is 11.9. The van der Waals surface area contributed by atoms with Crippen LogP contribution < -0.4 is 0 Å². The number of ether oxygens (including phenoxy) is 1. The molecule has 0 heterocycles. The van der Waals surface area contributed by atoms with Gasteiger partial charge in [0.25, 0.3) is 0 Å². The maximum absolute atomic E-state index is 12.9. The lowest BCUT2D eigenvalue weighted by Crippen LogP contribution is -2.33. The predicted octanol–water partition coefficient (Wildman–Crippen LogP) is 5.37. The van der Waals surface area contributed by atoms with Crippen molar-refractivity contribution >= 4 is 10.0 Å². The molecule has 1 aromatic carbocycles. The largest absolute Gasteiger partial charge is 0.494 e. The van der Waals surface area contributed by atoms with Crippen molar-refractivity contribution in [3.63, 3.8) is 0 Å². The van der Waals surface area contributed by atoms with Gasteiger partial charge in [-0.25, -0.2) is 8.42 Å². The van der Waals surface area contributed by atoms with Crippen LogP contribution in [0.3, 0.4) is 0 Å². The van der Waals surface area contributed by atoms with Gasteiger partial charge in [-0.2, -0.15) is 4.31 Å². The molecule has 0 aliphatic heterocycles. The van der Waals surface area contributed by atoms with Gasteiger partial charge in [-0.05, 0) is 63.3 Å². The van der Waals surface area contributed by atoms with Crippen molar-refractivity contribution < 1.29 is 13.2 Å². The van der Waals surface area contributed by atoms with Crippen LogP contribution in [0, 0.1) is 6.92 Å². The minimum Gasteiger partial charge on any atom is -0.494 e. The van der Waals surface area contributed by atoms with Crippen LogP contribution in [0.2, 0.25) is 0 Å². The standard InChI is InChI=1S/C23H33NO3S/c1-3-4-18-24(28(25,26)23-16-14-21(2)15-17-23)19-10-5-6-11-20-27-22-12-8-7-9-13-22/h3,8,12-17H,1,4-7,9-11,18-20H2,2H3. The number of sulfonamides is 1. The molecule has 154 valence electrons. The van der Waals surface area contributed by atoms with Gasteiger partial charge in [-0.3, -0.25) is 0 Å². The molecule has 0 atom stereocenters. The quantitative estimate of drug-likeness (QED) is 0.328. The molecular formula is C23H33NO3S. The van der Waals surface area contributed by atoms with Crippen LogP contribution in [0.25, 0.3) is 0 Å². The van der Waals surface area contributed by atoms with Crippen molar-refractivity contribution in [1.29, 1.82) is 0 Å². The average Bonchev–Trinajstić information content (AvgIpc) is 2.70. The van der Waals surface area contributed by atoms with Crippen molar-refractivity contribution in [1.82, 2.24) is 4.31 Å². The first-order chi connectivity index (χ1) is 13.5. The molecule has 1 aromatic rings. The summed E-state index contributed by atoms with van der Waals surface area (Å²) in [6.07, 6.45) is 14.8. The predicted molar refractivity (Wildman–Crippen MR) is 116 cm³/mol. The van der Waals surface area contributed by atoms with Crippen molar-refractivity contribution in [3.8, 4) is 0 Å². The molecule has 0 fully saturated rings. The molecule has 0 saturated heterocycles. The number of hydrogen-bond donors (Lipinski definition) is 0. The van der Waals surface area contributed by atoms with E-state index >= 15 is 0 Å². The molecule has 0 bridgehead atoms. The topological polar surface area (TPSA) is 46.6 Å². The van der Waals surface area contributed by atoms with E-state index in [1.165, 1.54) is 0 Å². The van der Waals surface area contributed by atoms with E-state index in [2.05, 4.69) is 18.7 Å². The smallest absolute Gasteiger partial charge is 0.243 e. The summed E-state index contributed by atoms with van der Waals surface area (Å²) in [6.45, 7) is 7.41. The molecule has 2 rings (SSSR count). The van der Waals surface area contributed by atoms with E-state index in [9.17, 15) is 8.42 Å². The zero-order valence-electron chi connectivity index (χ0n) is 17.0. The molecule has 5 heteroatoms. The maximum Gasteiger partial charge on any atom is 0.243 e. The number of rotatable bonds is 13. The summed E-state index contributed by atoms with van der Waals surface area (Å²) in [7, 11) is -3.46. The van der Waals surface area contributed by atoms with Crippen LogP contribution in [-0.2, 0) is 14.8 Å². The van der Waals surface area contributed by atoms with Gasteiger partial charge in [-0.15, -0.1) is 6.58 Å². The van der Waals surface area contributed by atoms with Gasteiger partial charge >= 0.3 is 0 Å². The Hall–Kier alpha value is -1.85. The fraction of sp³-hybridized carbons (Fsp3) is 0.478. The Labute approximate surface area is 170 Å². The first kappa shape index (κ1) is 22.4. The van der Waals surface area contributed by atoms with Gasteiger partial charge in [0.1, 0.15) is 5.76 Å². The molecule has 0 saturated carbocycles. The summed E-state index contributed by atoms with van der Waals surface area (Å²) in [4.78, 5) is 0.365. The molecule has 0 spiro atoms. The Bertz CT molecular complexity index is 764. The van der Waals surface area contributed by atoms with Gasteiger partial charge in [0.05, 0.1) is 11.5 Å². The van der Waals surface area contributed by atoms with E-state index in [1.807, 2.05) is 25.1 Å². The molecule has 0 amide bonds. The minimum absolute atomic E-state index is 0.365. The lowest BCUT2D eigenvalue weighted by molar-refractivity contribution is 0.214. The summed E-state index contributed by atoms with van der Waals surface area (Å²) < 4.78 is 33.2. The Morgan fingerprint density at radius 3 is 2.50 bits per heavy atom. The van der Waals surface area contributed by atoms with Gasteiger partial charge < -0.3 is 4.74 Å². The highest BCUT2D eigenvalue weighted by Crippen LogP contribution is 2.18. The number of nitrogens with zero attached hydrogens (tertiary/aromatic N) is 1. The van der Waals surface area contributed by atoms with Crippen LogP contribution in [-0.4, -0.2) is 32.4 Å². The number of allylic oxidation sites excluding steroid dienone is 3. The van der Waals surface area contributed by atoms with Crippen molar-refractivity contribution in [2.24, 2.45) is 0 Å². The first-order valence-electron chi connectivity index (χ1n) is 10.2. The Kier molecular flexibility index (Phi) is 9.51. The van der Waals surface area contributed by atoms with Crippen LogP contribution in [0.4, 0.5) is 0 Å². The third-order valence-electron chi connectivity index (χ3n) is 4.77. The molecule has 1 aliphatic rings. The third kappa shape index (κ3) is 7.28. The highest BCUT2D eigenvalue weighted by Gasteiger charge is 2.23. The molecule has 0 aromatic heterocycles. The average molecular weight is 404 g/mol. The molecule has 0 unspecified atom stereocenters. The summed E-state index contributed by atoms with van der Waals surface area (Å²) in [5.41, 5.74) is 1.05. The Balaban J connectivity index is 1.76. The highest BCUT2D eigenvalue weighted by molar-refractivity contribution is 7.89. The lowest BCUT2D eigenvalue weighted by atomic mass is 10.2. The lowest BCUT2D eigenvalue weighted by Gasteiger charge is -2.22. The third-order valence-corrected chi connectivity index (χ3v) is 6.69. The Morgan fingerprint density at radius 1 is 1.07 bits per heavy atom. The molecule has 28 heavy (non-hydrogen) atoms. The van der Waals surface area contributed by atoms with Crippen LogP contribution in [0.15, 0.2) is 65.8 Å². The molecular weight excluding hydrogens is 370 g/mol. The zero-order chi connectivity index (χ0) is 20.2. The Morgan fingerprint density at radius 2 is 1.82 bits per heavy atom. The first-order valence-corrected chi connectivity index (χ1v) is 11.7. The molecule has 0 radical (unpaired) electrons. The second-order valence-electron chi connectivity index (χ2n) is 7.14. The monoisotopic (exact) mass is 403 g/mol. The SMILES string of the molecule is C=CCCN(CCCCCCOC1=CCCC=C1)S(=O)(=O)c1ccc(C)cc1. The van der Waals surface area contributed by atoms with Gasteiger partial charge in [0.2, 0.25) is 10.0 Å². The van der Waals surface area contributed by atoms with Crippen molar-refractivity contribution in [2.45, 2.75) is 56.8 Å². The fourth-order valence-corrected chi connectivity index (χ4v) is 4.57. The van der Waals surface area contributed by atoms with E-state index in [1.54, 1.807) is 22.5 Å². The molecule has 4 nitrogen and oxygen atoms in total. The molecule has 0 N–H and O–H groups in total. The van der Waals surface area contributed by atoms with E-state index < -0.39 is 10.0 Å². The van der Waals surface area contributed by atoms with E-state index in [0.717, 1.165) is 56.5 Å². The summed E-state index contributed by atoms with van der Waals surface area (Å²) in [5.74, 6) is 0.978. The number of benzene rings is 1. The fourth-order valence-electron chi connectivity index (χ4n) is 3.08. The van der Waals surface area contributed by atoms with E-state index in [0.29, 0.717) is 24.4 Å². The van der Waals surface area contributed by atoms with E-state index in [4.69, 9.17) is 4.74 Å². The second-order valence-corrected chi connectivity index (χ2v) is 9.08. The summed E-state index contributed by atoms with van der Waals surface area (Å²) in [6, 6.07) is 7.07. The van der Waals surface area contributed by atoms with Gasteiger partial charge in [0.15, 0.2) is 0 Å². The zero-order valence-corrected chi connectivity index (χ0v) is 17.8. The van der Waals surface area contributed by atoms with Gasteiger partial charge in [0, 0.05) is 13.1 Å². The summed E-state index contributed by atoms with van der Waals surface area (Å²) in [5, 5.41) is 0. The number of hydrogen-bond acceptors (Lipinski definition) is 3. The summed E-state index contributed by atoms with van der Waals surface area (Å²) >= 11 is 0. The number of aryl methyl sites for hydroxylation is 1. The van der Waals surface area contributed by atoms with Crippen LogP contribution in [0.1, 0.15) is 50.5 Å². The van der Waals surface area contributed by atoms with Crippen molar-refractivity contribution in [2.75, 3.05) is 19.7 Å². The molecule has 1 aliphatic carbocycles. The normalized spacial score (nSPS) is 14.1. The number of unbranched alkanes of at least 4 members (excludes halogenated alkanes) is 3. The van der Waals surface area contributed by atoms with Crippen LogP contribution in [0.5, 0.6) is 0 Å². The van der Waals surface area contributed by atoms with Crippen molar-refractivity contribution in [3.05, 3.63) is 66.5 Å². The maximum atomic E-state index is 12.9. The highest BCUT2D eigenvalue weighted by atomic mass is 32.2. The van der Waals surface area contributed by atoms with E-state index in [-0.39, 0.29) is 0 Å². The minimum atomic E-state index is -3.46. The van der Waals surface area contributed by atoms with Gasteiger partial charge in [-0.1, -0.05) is 42.7 Å².